The third-order valence-electron chi connectivity index (χ3n) is 3.27. The summed E-state index contributed by atoms with van der Waals surface area (Å²) in [5.41, 5.74) is 0.771. The summed E-state index contributed by atoms with van der Waals surface area (Å²) in [6.45, 7) is 10.9. The minimum atomic E-state index is -0.536. The lowest BCUT2D eigenvalue weighted by Crippen LogP contribution is -2.45. The van der Waals surface area contributed by atoms with E-state index in [9.17, 15) is 5.26 Å². The summed E-state index contributed by atoms with van der Waals surface area (Å²) in [5.74, 6) is 1.39. The fourth-order valence-electron chi connectivity index (χ4n) is 2.12. The highest BCUT2D eigenvalue weighted by molar-refractivity contribution is 5.28. The van der Waals surface area contributed by atoms with E-state index in [0.29, 0.717) is 18.9 Å². The second-order valence-electron chi connectivity index (χ2n) is 6.07. The van der Waals surface area contributed by atoms with E-state index >= 15 is 0 Å². The van der Waals surface area contributed by atoms with Crippen LogP contribution in [0.5, 0.6) is 5.75 Å². The van der Waals surface area contributed by atoms with Gasteiger partial charge in [0.05, 0.1) is 12.7 Å². The van der Waals surface area contributed by atoms with Crippen LogP contribution in [-0.2, 0) is 0 Å². The average molecular weight is 274 g/mol. The third-order valence-corrected chi connectivity index (χ3v) is 3.27. The zero-order valence-electron chi connectivity index (χ0n) is 13.2. The van der Waals surface area contributed by atoms with Gasteiger partial charge in [0, 0.05) is 12.5 Å². The van der Waals surface area contributed by atoms with Gasteiger partial charge in [-0.3, -0.25) is 5.32 Å². The Labute approximate surface area is 123 Å². The molecule has 0 bridgehead atoms. The number of nitriles is 1. The predicted molar refractivity (Wildman–Crippen MR) is 82.9 cm³/mol. The standard InChI is InChI=1S/C17H26N2O/c1-13(2)15-6-8-16(9-7-15)20-11-10-17(5,12-18)19-14(3)4/h6-9,13-14,19H,10-11H2,1-5H3. The molecule has 0 heterocycles. The van der Waals surface area contributed by atoms with Crippen molar-refractivity contribution in [2.45, 2.75) is 58.5 Å². The van der Waals surface area contributed by atoms with Crippen molar-refractivity contribution in [3.63, 3.8) is 0 Å². The summed E-state index contributed by atoms with van der Waals surface area (Å²) in [4.78, 5) is 0. The lowest BCUT2D eigenvalue weighted by Gasteiger charge is -2.25. The number of benzene rings is 1. The van der Waals surface area contributed by atoms with E-state index in [2.05, 4.69) is 37.4 Å². The van der Waals surface area contributed by atoms with E-state index in [0.717, 1.165) is 5.75 Å². The van der Waals surface area contributed by atoms with Crippen LogP contribution in [0.1, 0.15) is 52.5 Å². The Morgan fingerprint density at radius 1 is 1.20 bits per heavy atom. The topological polar surface area (TPSA) is 45.0 Å². The molecule has 1 unspecified atom stereocenters. The van der Waals surface area contributed by atoms with Crippen molar-refractivity contribution in [2.24, 2.45) is 0 Å². The maximum absolute atomic E-state index is 9.26. The molecule has 0 fully saturated rings. The third kappa shape index (κ3) is 5.22. The van der Waals surface area contributed by atoms with E-state index in [1.54, 1.807) is 0 Å². The van der Waals surface area contributed by atoms with E-state index < -0.39 is 5.54 Å². The Kier molecular flexibility index (Phi) is 6.04. The lowest BCUT2D eigenvalue weighted by atomic mass is 9.99. The van der Waals surface area contributed by atoms with Gasteiger partial charge in [-0.15, -0.1) is 0 Å². The molecule has 3 heteroatoms. The minimum Gasteiger partial charge on any atom is -0.493 e. The van der Waals surface area contributed by atoms with Gasteiger partial charge in [-0.2, -0.15) is 5.26 Å². The molecule has 1 aromatic rings. The summed E-state index contributed by atoms with van der Waals surface area (Å²) in [6, 6.07) is 10.8. The zero-order valence-corrected chi connectivity index (χ0v) is 13.2. The molecule has 0 aromatic heterocycles. The fourth-order valence-corrected chi connectivity index (χ4v) is 2.12. The van der Waals surface area contributed by atoms with Crippen molar-refractivity contribution in [3.8, 4) is 11.8 Å². The van der Waals surface area contributed by atoms with Gasteiger partial charge in [0.1, 0.15) is 11.3 Å². The van der Waals surface area contributed by atoms with E-state index in [4.69, 9.17) is 4.74 Å². The largest absolute Gasteiger partial charge is 0.493 e. The molecule has 1 aromatic carbocycles. The molecule has 20 heavy (non-hydrogen) atoms. The maximum atomic E-state index is 9.26. The molecule has 0 radical (unpaired) electrons. The van der Waals surface area contributed by atoms with Gasteiger partial charge < -0.3 is 4.74 Å². The van der Waals surface area contributed by atoms with Gasteiger partial charge in [0.25, 0.3) is 0 Å². The smallest absolute Gasteiger partial charge is 0.119 e. The maximum Gasteiger partial charge on any atom is 0.119 e. The first-order chi connectivity index (χ1) is 9.36. The summed E-state index contributed by atoms with van der Waals surface area (Å²) < 4.78 is 5.73. The molecule has 1 rings (SSSR count). The highest BCUT2D eigenvalue weighted by atomic mass is 16.5. The summed E-state index contributed by atoms with van der Waals surface area (Å²) >= 11 is 0. The number of ether oxygens (including phenoxy) is 1. The molecule has 0 spiro atoms. The normalized spacial score (nSPS) is 14.1. The van der Waals surface area contributed by atoms with E-state index in [1.165, 1.54) is 5.56 Å². The fraction of sp³-hybridized carbons (Fsp3) is 0.588. The average Bonchev–Trinajstić information content (AvgIpc) is 2.38. The molecule has 0 aliphatic carbocycles. The Morgan fingerprint density at radius 2 is 1.80 bits per heavy atom. The number of nitrogens with one attached hydrogen (secondary N) is 1. The van der Waals surface area contributed by atoms with Crippen LogP contribution in [0.15, 0.2) is 24.3 Å². The van der Waals surface area contributed by atoms with Crippen LogP contribution in [-0.4, -0.2) is 18.2 Å². The molecule has 3 nitrogen and oxygen atoms in total. The van der Waals surface area contributed by atoms with Crippen LogP contribution >= 0.6 is 0 Å². The van der Waals surface area contributed by atoms with Crippen LogP contribution in [0.2, 0.25) is 0 Å². The lowest BCUT2D eigenvalue weighted by molar-refractivity contribution is 0.260. The first kappa shape index (κ1) is 16.5. The molecule has 0 aliphatic heterocycles. The predicted octanol–water partition coefficient (Wildman–Crippen LogP) is 3.86. The number of rotatable bonds is 7. The summed E-state index contributed by atoms with van der Waals surface area (Å²) in [5, 5.41) is 12.5. The Hall–Kier alpha value is -1.53. The van der Waals surface area contributed by atoms with Crippen LogP contribution in [0.25, 0.3) is 0 Å². The van der Waals surface area contributed by atoms with E-state index in [1.807, 2.05) is 32.9 Å². The zero-order chi connectivity index (χ0) is 15.2. The van der Waals surface area contributed by atoms with Crippen molar-refractivity contribution in [1.82, 2.24) is 5.32 Å². The number of hydrogen-bond donors (Lipinski definition) is 1. The second-order valence-corrected chi connectivity index (χ2v) is 6.07. The molecular formula is C17H26N2O. The molecule has 0 amide bonds. The van der Waals surface area contributed by atoms with Crippen LogP contribution in [0.3, 0.4) is 0 Å². The molecule has 1 atom stereocenters. The second kappa shape index (κ2) is 7.31. The highest BCUT2D eigenvalue weighted by Gasteiger charge is 2.24. The van der Waals surface area contributed by atoms with Crippen molar-refractivity contribution in [1.29, 1.82) is 5.26 Å². The van der Waals surface area contributed by atoms with Gasteiger partial charge >= 0.3 is 0 Å². The molecule has 0 aliphatic rings. The number of hydrogen-bond acceptors (Lipinski definition) is 3. The van der Waals surface area contributed by atoms with Crippen LogP contribution < -0.4 is 10.1 Å². The van der Waals surface area contributed by atoms with Crippen molar-refractivity contribution < 1.29 is 4.74 Å². The molecule has 110 valence electrons. The molecule has 0 saturated carbocycles. The quantitative estimate of drug-likeness (QED) is 0.821. The molecular weight excluding hydrogens is 248 g/mol. The van der Waals surface area contributed by atoms with Crippen LogP contribution in [0, 0.1) is 11.3 Å². The Morgan fingerprint density at radius 3 is 2.25 bits per heavy atom. The van der Waals surface area contributed by atoms with Crippen LogP contribution in [0.4, 0.5) is 0 Å². The van der Waals surface area contributed by atoms with Gasteiger partial charge in [-0.25, -0.2) is 0 Å². The summed E-state index contributed by atoms with van der Waals surface area (Å²) in [6.07, 6.45) is 0.660. The monoisotopic (exact) mass is 274 g/mol. The van der Waals surface area contributed by atoms with Gasteiger partial charge in [0.15, 0.2) is 0 Å². The van der Waals surface area contributed by atoms with Gasteiger partial charge in [0.2, 0.25) is 0 Å². The molecule has 0 saturated heterocycles. The van der Waals surface area contributed by atoms with Crippen molar-refractivity contribution >= 4 is 0 Å². The highest BCUT2D eigenvalue weighted by Crippen LogP contribution is 2.19. The number of nitrogens with zero attached hydrogens (tertiary/aromatic N) is 1. The Bertz CT molecular complexity index is 445. The van der Waals surface area contributed by atoms with Gasteiger partial charge in [-0.05, 0) is 44.4 Å². The first-order valence-corrected chi connectivity index (χ1v) is 7.28. The van der Waals surface area contributed by atoms with E-state index in [-0.39, 0.29) is 6.04 Å². The summed E-state index contributed by atoms with van der Waals surface area (Å²) in [7, 11) is 0. The SMILES string of the molecule is CC(C)NC(C)(C#N)CCOc1ccc(C(C)C)cc1. The minimum absolute atomic E-state index is 0.282. The first-order valence-electron chi connectivity index (χ1n) is 7.28. The van der Waals surface area contributed by atoms with Crippen molar-refractivity contribution in [2.75, 3.05) is 6.61 Å². The Balaban J connectivity index is 2.49. The molecule has 1 N–H and O–H groups in total. The van der Waals surface area contributed by atoms with Gasteiger partial charge in [-0.1, -0.05) is 26.0 Å². The van der Waals surface area contributed by atoms with Crippen molar-refractivity contribution in [3.05, 3.63) is 29.8 Å².